The summed E-state index contributed by atoms with van der Waals surface area (Å²) in [4.78, 5) is 49.9. The molecule has 0 saturated carbocycles. The second-order valence-corrected chi connectivity index (χ2v) is 9.78. The first kappa shape index (κ1) is 25.1. The van der Waals surface area contributed by atoms with Crippen LogP contribution in [-0.2, 0) is 16.1 Å². The lowest BCUT2D eigenvalue weighted by molar-refractivity contribution is -0.118. The van der Waals surface area contributed by atoms with Gasteiger partial charge in [-0.1, -0.05) is 0 Å². The Morgan fingerprint density at radius 3 is 2.77 bits per heavy atom. The summed E-state index contributed by atoms with van der Waals surface area (Å²) in [6.07, 6.45) is -0.0155. The van der Waals surface area contributed by atoms with Gasteiger partial charge in [-0.3, -0.25) is 24.0 Å². The molecule has 2 fully saturated rings. The highest BCUT2D eigenvalue weighted by molar-refractivity contribution is 5.95. The van der Waals surface area contributed by atoms with Crippen molar-refractivity contribution in [2.45, 2.75) is 19.1 Å². The third-order valence-corrected chi connectivity index (χ3v) is 7.13. The summed E-state index contributed by atoms with van der Waals surface area (Å²) in [5, 5.41) is 3.51. The highest BCUT2D eigenvalue weighted by atomic mass is 16.6. The lowest BCUT2D eigenvalue weighted by Crippen LogP contribution is -2.48. The molecule has 2 atom stereocenters. The monoisotopic (exact) mass is 535 g/mol. The zero-order valence-electron chi connectivity index (χ0n) is 21.2. The zero-order chi connectivity index (χ0) is 26.9. The molecule has 2 saturated heterocycles. The number of nitrogens with one attached hydrogen (secondary N) is 1. The van der Waals surface area contributed by atoms with E-state index in [4.69, 9.17) is 19.9 Å². The number of aromatic nitrogens is 3. The molecule has 3 aliphatic rings. The number of ether oxygens (including phenoxy) is 3. The lowest BCUT2D eigenvalue weighted by atomic mass is 10.0. The zero-order valence-corrected chi connectivity index (χ0v) is 21.2. The van der Waals surface area contributed by atoms with Crippen LogP contribution in [0, 0.1) is 5.92 Å². The van der Waals surface area contributed by atoms with Crippen molar-refractivity contribution in [3.05, 3.63) is 46.8 Å². The molecule has 13 heteroatoms. The topological polar surface area (TPSA) is 154 Å². The average Bonchev–Trinajstić information content (AvgIpc) is 3.33. The van der Waals surface area contributed by atoms with Gasteiger partial charge in [-0.05, 0) is 37.2 Å². The standard InChI is InChI=1S/C26H29N7O6/c27-8-1-11-37-22-6-2-16-3-7-23(35)32(25(16)30-22)10-9-31-12-17-13-33(26(36)39-19(17)14-31)20-5-4-18-24(28-20)29-21(34)15-38-18/h2-7,17,19H,1,8-15,27H2,(H,28,29,34)/t17-,19+/m1/s1. The number of fused-ring (bicyclic) bond motifs is 3. The van der Waals surface area contributed by atoms with Gasteiger partial charge >= 0.3 is 6.09 Å². The molecule has 204 valence electrons. The summed E-state index contributed by atoms with van der Waals surface area (Å²) in [5.74, 6) is 1.36. The Morgan fingerprint density at radius 1 is 1.03 bits per heavy atom. The molecule has 13 nitrogen and oxygen atoms in total. The van der Waals surface area contributed by atoms with Gasteiger partial charge in [0.25, 0.3) is 11.5 Å². The van der Waals surface area contributed by atoms with Crippen molar-refractivity contribution in [1.82, 2.24) is 19.4 Å². The van der Waals surface area contributed by atoms with E-state index >= 15 is 0 Å². The van der Waals surface area contributed by atoms with Crippen LogP contribution in [0.25, 0.3) is 11.0 Å². The van der Waals surface area contributed by atoms with Gasteiger partial charge in [0.1, 0.15) is 17.6 Å². The van der Waals surface area contributed by atoms with E-state index < -0.39 is 6.09 Å². The summed E-state index contributed by atoms with van der Waals surface area (Å²) in [5.41, 5.74) is 5.97. The molecule has 3 aromatic rings. The van der Waals surface area contributed by atoms with Crippen LogP contribution in [0.3, 0.4) is 0 Å². The lowest BCUT2D eigenvalue weighted by Gasteiger charge is -2.33. The molecule has 0 aromatic carbocycles. The van der Waals surface area contributed by atoms with Crippen molar-refractivity contribution in [2.24, 2.45) is 11.7 Å². The SMILES string of the molecule is NCCCOc1ccc2ccc(=O)n(CCN3C[C@@H]4CN(c5ccc6c(n5)NC(=O)CO6)C(=O)O[C@H]4C3)c2n1. The van der Waals surface area contributed by atoms with Crippen LogP contribution in [0.2, 0.25) is 0 Å². The Labute approximate surface area is 223 Å². The van der Waals surface area contributed by atoms with Gasteiger partial charge < -0.3 is 25.3 Å². The van der Waals surface area contributed by atoms with Crippen molar-refractivity contribution in [1.29, 1.82) is 0 Å². The fourth-order valence-corrected chi connectivity index (χ4v) is 5.15. The maximum absolute atomic E-state index is 12.8. The molecular weight excluding hydrogens is 506 g/mol. The van der Waals surface area contributed by atoms with Crippen molar-refractivity contribution in [3.63, 3.8) is 0 Å². The molecule has 6 rings (SSSR count). The van der Waals surface area contributed by atoms with Gasteiger partial charge in [0, 0.05) is 56.2 Å². The fourth-order valence-electron chi connectivity index (χ4n) is 5.15. The smallest absolute Gasteiger partial charge is 0.415 e. The second-order valence-electron chi connectivity index (χ2n) is 9.78. The molecule has 2 amide bonds. The highest BCUT2D eigenvalue weighted by Gasteiger charge is 2.43. The summed E-state index contributed by atoms with van der Waals surface area (Å²) in [6.45, 7) is 3.64. The number of hydrogen-bond donors (Lipinski definition) is 2. The minimum absolute atomic E-state index is 0.0654. The van der Waals surface area contributed by atoms with Crippen molar-refractivity contribution in [2.75, 3.05) is 56.2 Å². The van der Waals surface area contributed by atoms with Crippen LogP contribution >= 0.6 is 0 Å². The highest BCUT2D eigenvalue weighted by Crippen LogP contribution is 2.32. The number of carbonyl (C=O) groups is 2. The van der Waals surface area contributed by atoms with Crippen LogP contribution in [0.5, 0.6) is 11.6 Å². The molecule has 0 aliphatic carbocycles. The first-order valence-corrected chi connectivity index (χ1v) is 13.0. The Kier molecular flexibility index (Phi) is 6.75. The Bertz CT molecular complexity index is 1480. The van der Waals surface area contributed by atoms with E-state index in [1.807, 2.05) is 6.07 Å². The summed E-state index contributed by atoms with van der Waals surface area (Å²) < 4.78 is 18.5. The van der Waals surface area contributed by atoms with Crippen LogP contribution in [0.1, 0.15) is 6.42 Å². The molecule has 0 unspecified atom stereocenters. The molecule has 0 spiro atoms. The molecule has 0 bridgehead atoms. The molecular formula is C26H29N7O6. The summed E-state index contributed by atoms with van der Waals surface area (Å²) >= 11 is 0. The normalized spacial score (nSPS) is 20.7. The number of likely N-dealkylation sites (tertiary alicyclic amines) is 1. The van der Waals surface area contributed by atoms with E-state index in [-0.39, 0.29) is 35.9 Å². The van der Waals surface area contributed by atoms with Gasteiger partial charge in [-0.2, -0.15) is 4.98 Å². The molecule has 39 heavy (non-hydrogen) atoms. The quantitative estimate of drug-likeness (QED) is 0.396. The molecule has 3 N–H and O–H groups in total. The van der Waals surface area contributed by atoms with Crippen LogP contribution in [0.15, 0.2) is 41.2 Å². The number of nitrogens with zero attached hydrogens (tertiary/aromatic N) is 5. The minimum atomic E-state index is -0.481. The molecule has 6 heterocycles. The van der Waals surface area contributed by atoms with E-state index in [9.17, 15) is 14.4 Å². The number of amides is 2. The van der Waals surface area contributed by atoms with Crippen molar-refractivity contribution < 1.29 is 23.8 Å². The number of pyridine rings is 3. The Balaban J connectivity index is 1.13. The van der Waals surface area contributed by atoms with E-state index in [0.717, 1.165) is 5.39 Å². The predicted molar refractivity (Wildman–Crippen MR) is 141 cm³/mol. The number of carbonyl (C=O) groups excluding carboxylic acids is 2. The van der Waals surface area contributed by atoms with Gasteiger partial charge in [-0.15, -0.1) is 0 Å². The molecule has 3 aromatic heterocycles. The first-order valence-electron chi connectivity index (χ1n) is 13.0. The fraction of sp³-hybridized carbons (Fsp3) is 0.423. The largest absolute Gasteiger partial charge is 0.480 e. The third kappa shape index (κ3) is 5.10. The number of rotatable bonds is 8. The van der Waals surface area contributed by atoms with Crippen LogP contribution < -0.4 is 31.0 Å². The maximum atomic E-state index is 12.8. The molecule has 3 aliphatic heterocycles. The van der Waals surface area contributed by atoms with E-state index in [0.29, 0.717) is 75.4 Å². The van der Waals surface area contributed by atoms with E-state index in [2.05, 4.69) is 20.2 Å². The van der Waals surface area contributed by atoms with Crippen LogP contribution in [-0.4, -0.2) is 83.5 Å². The number of nitrogens with two attached hydrogens (primary N) is 1. The second kappa shape index (κ2) is 10.5. The summed E-state index contributed by atoms with van der Waals surface area (Å²) in [6, 6.07) is 10.3. The predicted octanol–water partition coefficient (Wildman–Crippen LogP) is 0.807. The van der Waals surface area contributed by atoms with E-state index in [1.54, 1.807) is 34.9 Å². The summed E-state index contributed by atoms with van der Waals surface area (Å²) in [7, 11) is 0. The van der Waals surface area contributed by atoms with Crippen molar-refractivity contribution in [3.8, 4) is 11.6 Å². The van der Waals surface area contributed by atoms with Crippen molar-refractivity contribution >= 4 is 34.7 Å². The average molecular weight is 536 g/mol. The number of anilines is 2. The van der Waals surface area contributed by atoms with Gasteiger partial charge in [-0.25, -0.2) is 9.78 Å². The van der Waals surface area contributed by atoms with Crippen LogP contribution in [0.4, 0.5) is 16.4 Å². The third-order valence-electron chi connectivity index (χ3n) is 7.13. The van der Waals surface area contributed by atoms with E-state index in [1.165, 1.54) is 4.90 Å². The Morgan fingerprint density at radius 2 is 1.90 bits per heavy atom. The number of hydrogen-bond acceptors (Lipinski definition) is 10. The van der Waals surface area contributed by atoms with Gasteiger partial charge in [0.2, 0.25) is 5.88 Å². The van der Waals surface area contributed by atoms with Gasteiger partial charge in [0.05, 0.1) is 6.61 Å². The molecule has 0 radical (unpaired) electrons. The maximum Gasteiger partial charge on any atom is 0.415 e. The minimum Gasteiger partial charge on any atom is -0.480 e. The van der Waals surface area contributed by atoms with Gasteiger partial charge in [0.15, 0.2) is 18.2 Å². The first-order chi connectivity index (χ1) is 19.0. The Hall–Kier alpha value is -4.23.